The molecule has 8 heteroatoms. The predicted molar refractivity (Wildman–Crippen MR) is 97.6 cm³/mol. The number of esters is 1. The van der Waals surface area contributed by atoms with E-state index in [9.17, 15) is 9.59 Å². The molecule has 1 amide bonds. The fourth-order valence-corrected chi connectivity index (χ4v) is 2.97. The summed E-state index contributed by atoms with van der Waals surface area (Å²) in [5.41, 5.74) is -0.506. The van der Waals surface area contributed by atoms with Gasteiger partial charge < -0.3 is 23.6 Å². The maximum atomic E-state index is 12.1. The number of aromatic nitrogens is 1. The minimum atomic E-state index is -0.520. The van der Waals surface area contributed by atoms with Crippen molar-refractivity contribution >= 4 is 12.1 Å². The Morgan fingerprint density at radius 3 is 2.41 bits per heavy atom. The van der Waals surface area contributed by atoms with Crippen molar-refractivity contribution in [2.45, 2.75) is 65.1 Å². The molecule has 8 nitrogen and oxygen atoms in total. The van der Waals surface area contributed by atoms with Crippen LogP contribution in [0.3, 0.4) is 0 Å². The molecular formula is C19H30N2O6. The molecule has 0 N–H and O–H groups in total. The molecule has 2 heterocycles. The van der Waals surface area contributed by atoms with E-state index in [1.54, 1.807) is 11.0 Å². The van der Waals surface area contributed by atoms with Crippen LogP contribution in [-0.4, -0.2) is 54.0 Å². The zero-order valence-corrected chi connectivity index (χ0v) is 17.0. The third kappa shape index (κ3) is 5.87. The van der Waals surface area contributed by atoms with Crippen LogP contribution in [0.1, 0.15) is 59.1 Å². The van der Waals surface area contributed by atoms with Crippen molar-refractivity contribution in [3.05, 3.63) is 11.8 Å². The Bertz CT molecular complexity index is 641. The maximum absolute atomic E-state index is 12.1. The van der Waals surface area contributed by atoms with Gasteiger partial charge in [0.15, 0.2) is 5.76 Å². The van der Waals surface area contributed by atoms with Crippen molar-refractivity contribution in [1.82, 2.24) is 10.1 Å². The summed E-state index contributed by atoms with van der Waals surface area (Å²) >= 11 is 0. The van der Waals surface area contributed by atoms with Gasteiger partial charge in [-0.2, -0.15) is 0 Å². The summed E-state index contributed by atoms with van der Waals surface area (Å²) in [6.45, 7) is 10.5. The lowest BCUT2D eigenvalue weighted by Crippen LogP contribution is -2.44. The van der Waals surface area contributed by atoms with Gasteiger partial charge in [0.1, 0.15) is 17.6 Å². The Morgan fingerprint density at radius 1 is 1.26 bits per heavy atom. The van der Waals surface area contributed by atoms with Gasteiger partial charge in [-0.1, -0.05) is 13.8 Å². The predicted octanol–water partition coefficient (Wildman–Crippen LogP) is 3.37. The normalized spacial score (nSPS) is 16.9. The SMILES string of the molecule is COC(=O)C(c1cc(OC2CCN(C(=O)OC(C)(C)C)CC2)no1)C(C)C. The number of nitrogens with zero attached hydrogens (tertiary/aromatic N) is 2. The van der Waals surface area contributed by atoms with E-state index in [0.29, 0.717) is 37.6 Å². The molecule has 0 spiro atoms. The second kappa shape index (κ2) is 8.63. The number of hydrogen-bond acceptors (Lipinski definition) is 7. The number of piperidine rings is 1. The van der Waals surface area contributed by atoms with E-state index in [1.165, 1.54) is 7.11 Å². The molecule has 1 unspecified atom stereocenters. The molecule has 1 aliphatic heterocycles. The smallest absolute Gasteiger partial charge is 0.410 e. The fourth-order valence-electron chi connectivity index (χ4n) is 2.97. The molecule has 1 aromatic heterocycles. The molecule has 152 valence electrons. The van der Waals surface area contributed by atoms with Crippen LogP contribution in [-0.2, 0) is 14.3 Å². The van der Waals surface area contributed by atoms with Crippen molar-refractivity contribution < 1.29 is 28.3 Å². The third-order valence-corrected chi connectivity index (χ3v) is 4.32. The number of rotatable bonds is 5. The van der Waals surface area contributed by atoms with Gasteiger partial charge in [-0.15, -0.1) is 0 Å². The molecule has 0 bridgehead atoms. The first-order valence-electron chi connectivity index (χ1n) is 9.29. The lowest BCUT2D eigenvalue weighted by molar-refractivity contribution is -0.144. The maximum Gasteiger partial charge on any atom is 0.410 e. The van der Waals surface area contributed by atoms with Crippen LogP contribution < -0.4 is 4.74 Å². The van der Waals surface area contributed by atoms with Crippen LogP contribution in [0.4, 0.5) is 4.79 Å². The van der Waals surface area contributed by atoms with Gasteiger partial charge in [0.2, 0.25) is 0 Å². The Balaban J connectivity index is 1.90. The Kier molecular flexibility index (Phi) is 6.73. The highest BCUT2D eigenvalue weighted by Gasteiger charge is 2.31. The highest BCUT2D eigenvalue weighted by atomic mass is 16.6. The van der Waals surface area contributed by atoms with Crippen molar-refractivity contribution in [3.8, 4) is 5.88 Å². The average molecular weight is 382 g/mol. The number of likely N-dealkylation sites (tertiary alicyclic amines) is 1. The first-order chi connectivity index (χ1) is 12.6. The van der Waals surface area contributed by atoms with Crippen LogP contribution >= 0.6 is 0 Å². The van der Waals surface area contributed by atoms with E-state index in [1.807, 2.05) is 34.6 Å². The molecule has 0 aliphatic carbocycles. The molecule has 1 aromatic rings. The third-order valence-electron chi connectivity index (χ3n) is 4.32. The second-order valence-electron chi connectivity index (χ2n) is 8.10. The number of amides is 1. The van der Waals surface area contributed by atoms with Crippen LogP contribution in [0.2, 0.25) is 0 Å². The monoisotopic (exact) mass is 382 g/mol. The molecular weight excluding hydrogens is 352 g/mol. The van der Waals surface area contributed by atoms with Crippen molar-refractivity contribution in [3.63, 3.8) is 0 Å². The summed E-state index contributed by atoms with van der Waals surface area (Å²) in [6.07, 6.45) is 0.970. The van der Waals surface area contributed by atoms with Gasteiger partial charge in [0, 0.05) is 32.0 Å². The van der Waals surface area contributed by atoms with Crippen LogP contribution in [0.15, 0.2) is 10.6 Å². The zero-order chi connectivity index (χ0) is 20.2. The Labute approximate surface area is 160 Å². The number of ether oxygens (including phenoxy) is 3. The number of methoxy groups -OCH3 is 1. The summed E-state index contributed by atoms with van der Waals surface area (Å²) < 4.78 is 21.4. The van der Waals surface area contributed by atoms with Gasteiger partial charge in [-0.3, -0.25) is 4.79 Å². The summed E-state index contributed by atoms with van der Waals surface area (Å²) in [7, 11) is 1.35. The van der Waals surface area contributed by atoms with Crippen LogP contribution in [0.25, 0.3) is 0 Å². The second-order valence-corrected chi connectivity index (χ2v) is 8.10. The minimum absolute atomic E-state index is 0.00955. The Morgan fingerprint density at radius 2 is 1.89 bits per heavy atom. The van der Waals surface area contributed by atoms with Crippen molar-refractivity contribution in [2.75, 3.05) is 20.2 Å². The summed E-state index contributed by atoms with van der Waals surface area (Å²) in [5.74, 6) is -0.101. The van der Waals surface area contributed by atoms with Gasteiger partial charge in [0.25, 0.3) is 5.88 Å². The van der Waals surface area contributed by atoms with Crippen molar-refractivity contribution in [2.24, 2.45) is 5.92 Å². The molecule has 1 saturated heterocycles. The number of hydrogen-bond donors (Lipinski definition) is 0. The number of carbonyl (C=O) groups excluding carboxylic acids is 2. The fraction of sp³-hybridized carbons (Fsp3) is 0.737. The molecule has 1 fully saturated rings. The Hall–Kier alpha value is -2.25. The molecule has 27 heavy (non-hydrogen) atoms. The van der Waals surface area contributed by atoms with E-state index in [-0.39, 0.29) is 24.1 Å². The van der Waals surface area contributed by atoms with Crippen LogP contribution in [0, 0.1) is 5.92 Å². The molecule has 1 aliphatic rings. The molecule has 0 aromatic carbocycles. The van der Waals surface area contributed by atoms with Gasteiger partial charge in [0.05, 0.1) is 7.11 Å². The first kappa shape index (κ1) is 21.1. The summed E-state index contributed by atoms with van der Waals surface area (Å²) in [5, 5.41) is 3.92. The van der Waals surface area contributed by atoms with E-state index < -0.39 is 11.5 Å². The molecule has 0 saturated carbocycles. The number of carbonyl (C=O) groups is 2. The molecule has 1 atom stereocenters. The van der Waals surface area contributed by atoms with E-state index >= 15 is 0 Å². The van der Waals surface area contributed by atoms with Crippen LogP contribution in [0.5, 0.6) is 5.88 Å². The molecule has 0 radical (unpaired) electrons. The highest BCUT2D eigenvalue weighted by molar-refractivity contribution is 5.77. The lowest BCUT2D eigenvalue weighted by Gasteiger charge is -2.33. The average Bonchev–Trinajstić information content (AvgIpc) is 3.01. The topological polar surface area (TPSA) is 91.1 Å². The van der Waals surface area contributed by atoms with E-state index in [2.05, 4.69) is 5.16 Å². The van der Waals surface area contributed by atoms with E-state index in [0.717, 1.165) is 0 Å². The zero-order valence-electron chi connectivity index (χ0n) is 17.0. The van der Waals surface area contributed by atoms with Crippen molar-refractivity contribution in [1.29, 1.82) is 0 Å². The summed E-state index contributed by atoms with van der Waals surface area (Å²) in [4.78, 5) is 25.7. The summed E-state index contributed by atoms with van der Waals surface area (Å²) in [6, 6.07) is 1.64. The van der Waals surface area contributed by atoms with Gasteiger partial charge in [-0.05, 0) is 31.8 Å². The lowest BCUT2D eigenvalue weighted by atomic mass is 9.93. The minimum Gasteiger partial charge on any atom is -0.472 e. The highest BCUT2D eigenvalue weighted by Crippen LogP contribution is 2.29. The van der Waals surface area contributed by atoms with E-state index in [4.69, 9.17) is 18.7 Å². The largest absolute Gasteiger partial charge is 0.472 e. The standard InChI is InChI=1S/C19H30N2O6/c1-12(2)16(17(22)24-6)14-11-15(20-27-14)25-13-7-9-21(10-8-13)18(23)26-19(3,4)5/h11-13,16H,7-10H2,1-6H3. The quantitative estimate of drug-likeness (QED) is 0.721. The van der Waals surface area contributed by atoms with Gasteiger partial charge in [-0.25, -0.2) is 4.79 Å². The first-order valence-corrected chi connectivity index (χ1v) is 9.29. The van der Waals surface area contributed by atoms with Gasteiger partial charge >= 0.3 is 12.1 Å². The molecule has 2 rings (SSSR count).